The highest BCUT2D eigenvalue weighted by molar-refractivity contribution is 9.10. The van der Waals surface area contributed by atoms with Crippen LogP contribution >= 0.6 is 15.9 Å². The number of likely N-dealkylation sites (N-methyl/N-ethyl adjacent to an activating group) is 1. The van der Waals surface area contributed by atoms with E-state index >= 15 is 0 Å². The summed E-state index contributed by atoms with van der Waals surface area (Å²) in [6.45, 7) is 6.25. The van der Waals surface area contributed by atoms with Gasteiger partial charge in [-0.05, 0) is 59.9 Å². The third kappa shape index (κ3) is 2.82. The van der Waals surface area contributed by atoms with Gasteiger partial charge in [0.25, 0.3) is 0 Å². The van der Waals surface area contributed by atoms with Gasteiger partial charge in [-0.2, -0.15) is 0 Å². The van der Waals surface area contributed by atoms with Crippen molar-refractivity contribution in [2.45, 2.75) is 26.3 Å². The van der Waals surface area contributed by atoms with E-state index in [-0.39, 0.29) is 17.9 Å². The average molecular weight is 422 g/mol. The molecule has 2 heterocycles. The molecule has 2 atom stereocenters. The molecule has 0 saturated carbocycles. The fourth-order valence-corrected chi connectivity index (χ4v) is 5.14. The first-order valence-corrected chi connectivity index (χ1v) is 10.3. The first kappa shape index (κ1) is 18.9. The molecule has 4 rings (SSSR count). The molecule has 0 spiro atoms. The number of halogens is 1. The lowest BCUT2D eigenvalue weighted by Crippen LogP contribution is -2.47. The Morgan fingerprint density at radius 2 is 2.07 bits per heavy atom. The van der Waals surface area contributed by atoms with Gasteiger partial charge in [-0.3, -0.25) is 9.69 Å². The van der Waals surface area contributed by atoms with Crippen molar-refractivity contribution < 1.29 is 4.79 Å². The minimum absolute atomic E-state index is 0.140. The van der Waals surface area contributed by atoms with Crippen LogP contribution in [0.1, 0.15) is 25.0 Å². The number of aromatic nitrogens is 1. The summed E-state index contributed by atoms with van der Waals surface area (Å²) in [5.74, 6) is 0.0532. The molecule has 27 heavy (non-hydrogen) atoms. The Labute approximate surface area is 171 Å². The predicted molar refractivity (Wildman–Crippen MR) is 116 cm³/mol. The van der Waals surface area contributed by atoms with Gasteiger partial charge in [0.2, 0.25) is 5.91 Å². The Morgan fingerprint density at radius 3 is 2.74 bits per heavy atom. The van der Waals surface area contributed by atoms with Crippen LogP contribution < -0.4 is 10.9 Å². The summed E-state index contributed by atoms with van der Waals surface area (Å²) < 4.78 is 0.963. The van der Waals surface area contributed by atoms with Crippen molar-refractivity contribution in [2.75, 3.05) is 26.7 Å². The van der Waals surface area contributed by atoms with Crippen LogP contribution in [0, 0.1) is 5.92 Å². The summed E-state index contributed by atoms with van der Waals surface area (Å²) in [6, 6.07) is 2.20. The molecule has 1 aromatic carbocycles. The van der Waals surface area contributed by atoms with Gasteiger partial charge in [0.1, 0.15) is 15.7 Å². The Morgan fingerprint density at radius 1 is 1.37 bits per heavy atom. The van der Waals surface area contributed by atoms with Crippen molar-refractivity contribution in [1.29, 1.82) is 0 Å². The highest BCUT2D eigenvalue weighted by atomic mass is 79.9. The van der Waals surface area contributed by atoms with E-state index in [1.54, 1.807) is 0 Å². The summed E-state index contributed by atoms with van der Waals surface area (Å²) >= 11 is 3.66. The molecule has 1 amide bonds. The third-order valence-electron chi connectivity index (χ3n) is 6.06. The minimum atomic E-state index is -0.140. The number of rotatable bonds is 3. The maximum atomic E-state index is 13.0. The van der Waals surface area contributed by atoms with Crippen LogP contribution in [0.4, 0.5) is 0 Å². The number of nitrogens with one attached hydrogen (secondary N) is 1. The Bertz CT molecular complexity index is 964. The Balaban J connectivity index is 1.89. The van der Waals surface area contributed by atoms with Gasteiger partial charge in [0.15, 0.2) is 0 Å². The number of carbonyl (C=O) groups excluding carboxylic acids is 1. The van der Waals surface area contributed by atoms with E-state index in [2.05, 4.69) is 38.9 Å². The number of aromatic amines is 1. The van der Waals surface area contributed by atoms with E-state index in [1.165, 1.54) is 11.1 Å². The van der Waals surface area contributed by atoms with Crippen LogP contribution in [0.25, 0.3) is 16.5 Å². The van der Waals surface area contributed by atoms with Crippen molar-refractivity contribution in [3.05, 3.63) is 27.9 Å². The molecule has 1 aliphatic carbocycles. The molecule has 4 radical (unpaired) electrons. The maximum Gasteiger partial charge on any atom is 0.230 e. The van der Waals surface area contributed by atoms with Gasteiger partial charge in [-0.1, -0.05) is 17.6 Å². The fraction of sp³-hybridized carbons (Fsp3) is 0.450. The molecule has 2 aromatic rings. The van der Waals surface area contributed by atoms with Crippen molar-refractivity contribution in [3.8, 4) is 0 Å². The zero-order valence-electron chi connectivity index (χ0n) is 16.0. The zero-order valence-corrected chi connectivity index (χ0v) is 17.6. The zero-order chi connectivity index (χ0) is 19.5. The van der Waals surface area contributed by atoms with Gasteiger partial charge in [0, 0.05) is 36.6 Å². The Kier molecular flexibility index (Phi) is 4.79. The molecule has 1 aromatic heterocycles. The fourth-order valence-electron chi connectivity index (χ4n) is 4.58. The number of benzene rings is 1. The van der Waals surface area contributed by atoms with Crippen LogP contribution in [0.3, 0.4) is 0 Å². The molecule has 4 nitrogen and oxygen atoms in total. The van der Waals surface area contributed by atoms with E-state index in [4.69, 9.17) is 15.7 Å². The van der Waals surface area contributed by atoms with Crippen LogP contribution in [-0.2, 0) is 11.2 Å². The van der Waals surface area contributed by atoms with Gasteiger partial charge in [0.05, 0.1) is 10.5 Å². The molecule has 136 valence electrons. The maximum absolute atomic E-state index is 13.0. The summed E-state index contributed by atoms with van der Waals surface area (Å²) in [5.41, 5.74) is 5.54. The summed E-state index contributed by atoms with van der Waals surface area (Å²) in [5, 5.41) is 1.13. The van der Waals surface area contributed by atoms with Crippen molar-refractivity contribution in [2.24, 2.45) is 5.92 Å². The lowest BCUT2D eigenvalue weighted by atomic mass is 9.73. The second-order valence-corrected chi connectivity index (χ2v) is 8.29. The van der Waals surface area contributed by atoms with Crippen LogP contribution in [0.5, 0.6) is 0 Å². The number of fused-ring (bicyclic) bond motifs is 2. The number of hydrogen-bond donors (Lipinski definition) is 1. The van der Waals surface area contributed by atoms with Crippen molar-refractivity contribution >= 4 is 64.9 Å². The van der Waals surface area contributed by atoms with Crippen LogP contribution in [-0.4, -0.2) is 69.1 Å². The molecule has 7 heteroatoms. The SMILES string of the molecule is [B]c1cc2c3c(c(Br)[nH]c3c1[B])CC1C2=C[C@@H](C(=O)N(CC)CC)CN1C. The number of hydrogen-bond acceptors (Lipinski definition) is 2. The number of amides is 1. The average Bonchev–Trinajstić information content (AvgIpc) is 2.98. The van der Waals surface area contributed by atoms with E-state index < -0.39 is 0 Å². The third-order valence-corrected chi connectivity index (χ3v) is 6.74. The molecule has 1 N–H and O–H groups in total. The van der Waals surface area contributed by atoms with Gasteiger partial charge < -0.3 is 9.88 Å². The first-order chi connectivity index (χ1) is 12.9. The van der Waals surface area contributed by atoms with Gasteiger partial charge in [-0.25, -0.2) is 0 Å². The lowest BCUT2D eigenvalue weighted by molar-refractivity contribution is -0.134. The molecule has 0 bridgehead atoms. The molecular formula is C20H22B2BrN3O. The number of H-pyrrole nitrogens is 1. The second kappa shape index (κ2) is 6.85. The monoisotopic (exact) mass is 421 g/mol. The number of carbonyl (C=O) groups is 1. The standard InChI is InChI=1S/C20H22B2BrN3O/c1-4-26(5-2)20(27)10-6-11-12-7-14(21)17(22)18-16(12)13(19(23)24-18)8-15(11)25(3)9-10/h6-7,10,15,24H,4-5,8-9H2,1-3H3/t10-,15?/m1/s1. The van der Waals surface area contributed by atoms with Crippen LogP contribution in [0.15, 0.2) is 16.7 Å². The summed E-state index contributed by atoms with van der Waals surface area (Å²) in [4.78, 5) is 20.5. The van der Waals surface area contributed by atoms with Crippen molar-refractivity contribution in [3.63, 3.8) is 0 Å². The molecule has 0 fully saturated rings. The largest absolute Gasteiger partial charge is 0.350 e. The predicted octanol–water partition coefficient (Wildman–Crippen LogP) is 1.26. The second-order valence-electron chi connectivity index (χ2n) is 7.49. The quantitative estimate of drug-likeness (QED) is 0.758. The van der Waals surface area contributed by atoms with E-state index in [0.29, 0.717) is 10.9 Å². The lowest BCUT2D eigenvalue weighted by Gasteiger charge is -2.40. The normalized spacial score (nSPS) is 21.9. The highest BCUT2D eigenvalue weighted by Gasteiger charge is 2.37. The molecule has 0 saturated heterocycles. The molecular weight excluding hydrogens is 400 g/mol. The number of nitrogens with zero attached hydrogens (tertiary/aromatic N) is 2. The topological polar surface area (TPSA) is 39.3 Å². The minimum Gasteiger partial charge on any atom is -0.350 e. The summed E-state index contributed by atoms with van der Waals surface area (Å²) in [7, 11) is 14.5. The molecule has 1 unspecified atom stereocenters. The first-order valence-electron chi connectivity index (χ1n) is 9.46. The smallest absolute Gasteiger partial charge is 0.230 e. The van der Waals surface area contributed by atoms with Gasteiger partial charge in [-0.15, -0.1) is 5.46 Å². The van der Waals surface area contributed by atoms with E-state index in [0.717, 1.165) is 47.1 Å². The molecule has 1 aliphatic heterocycles. The van der Waals surface area contributed by atoms with Crippen molar-refractivity contribution in [1.82, 2.24) is 14.8 Å². The van der Waals surface area contributed by atoms with Gasteiger partial charge >= 0.3 is 0 Å². The highest BCUT2D eigenvalue weighted by Crippen LogP contribution is 2.42. The molecule has 2 aliphatic rings. The van der Waals surface area contributed by atoms with E-state index in [9.17, 15) is 4.79 Å². The van der Waals surface area contributed by atoms with E-state index in [1.807, 2.05) is 24.8 Å². The van der Waals surface area contributed by atoms with Crippen LogP contribution in [0.2, 0.25) is 0 Å². The Hall–Kier alpha value is -1.46. The summed E-state index contributed by atoms with van der Waals surface area (Å²) in [6.07, 6.45) is 3.05.